The molecule has 4 nitrogen and oxygen atoms in total. The molecule has 0 fully saturated rings. The molecule has 0 radical (unpaired) electrons. The van der Waals surface area contributed by atoms with Gasteiger partial charge in [-0.3, -0.25) is 0 Å². The van der Waals surface area contributed by atoms with Gasteiger partial charge in [0.25, 0.3) is 0 Å². The maximum atomic E-state index is 11.2. The monoisotopic (exact) mass is 293 g/mol. The summed E-state index contributed by atoms with van der Waals surface area (Å²) in [6.45, 7) is 4.82. The van der Waals surface area contributed by atoms with Crippen LogP contribution in [0.3, 0.4) is 0 Å². The fourth-order valence-corrected chi connectivity index (χ4v) is 3.77. The van der Waals surface area contributed by atoms with Gasteiger partial charge in [0.05, 0.1) is 0 Å². The summed E-state index contributed by atoms with van der Waals surface area (Å²) in [7, 11) is 0. The van der Waals surface area contributed by atoms with Gasteiger partial charge in [0.15, 0.2) is 0 Å². The van der Waals surface area contributed by atoms with Crippen LogP contribution in [0.25, 0.3) is 0 Å². The van der Waals surface area contributed by atoms with Crippen molar-refractivity contribution in [2.24, 2.45) is 11.5 Å². The molecular formula is C9H19N2O2Pd. The van der Waals surface area contributed by atoms with E-state index < -0.39 is 16.8 Å². The number of carbonyl (C=O) groups excluding carboxylic acids is 2. The molecule has 0 spiro atoms. The van der Waals surface area contributed by atoms with Crippen molar-refractivity contribution in [3.63, 3.8) is 0 Å². The van der Waals surface area contributed by atoms with E-state index in [1.165, 1.54) is 13.8 Å². The van der Waals surface area contributed by atoms with Crippen molar-refractivity contribution >= 4 is 8.51 Å². The van der Waals surface area contributed by atoms with Gasteiger partial charge in [0, 0.05) is 0 Å². The van der Waals surface area contributed by atoms with Gasteiger partial charge in [0.2, 0.25) is 0 Å². The third-order valence-corrected chi connectivity index (χ3v) is 5.60. The van der Waals surface area contributed by atoms with Crippen LogP contribution in [0.15, 0.2) is 0 Å². The van der Waals surface area contributed by atoms with Crippen molar-refractivity contribution in [1.29, 1.82) is 0 Å². The average Bonchev–Trinajstić information content (AvgIpc) is 1.97. The van der Waals surface area contributed by atoms with Gasteiger partial charge < -0.3 is 0 Å². The number of hydrogen-bond donors (Lipinski definition) is 2. The van der Waals surface area contributed by atoms with Crippen LogP contribution < -0.4 is 11.5 Å². The second-order valence-corrected chi connectivity index (χ2v) is 7.57. The van der Waals surface area contributed by atoms with Crippen molar-refractivity contribution in [3.05, 3.63) is 0 Å². The van der Waals surface area contributed by atoms with E-state index in [9.17, 15) is 9.59 Å². The summed E-state index contributed by atoms with van der Waals surface area (Å²) >= 11 is -1.73. The minimum atomic E-state index is -1.73. The van der Waals surface area contributed by atoms with E-state index in [1.807, 2.05) is 6.92 Å². The van der Waals surface area contributed by atoms with Crippen LogP contribution in [0.4, 0.5) is 0 Å². The van der Waals surface area contributed by atoms with Crippen LogP contribution in [-0.2, 0) is 26.3 Å². The third-order valence-electron chi connectivity index (χ3n) is 1.51. The molecule has 0 aromatic rings. The van der Waals surface area contributed by atoms with Gasteiger partial charge in [-0.25, -0.2) is 0 Å². The Kier molecular flexibility index (Phi) is 6.38. The van der Waals surface area contributed by atoms with E-state index >= 15 is 0 Å². The quantitative estimate of drug-likeness (QED) is 0.684. The molecule has 0 aromatic heterocycles. The molecule has 0 saturated heterocycles. The van der Waals surface area contributed by atoms with Crippen molar-refractivity contribution in [1.82, 2.24) is 0 Å². The van der Waals surface area contributed by atoms with E-state index in [4.69, 9.17) is 11.5 Å². The normalized spacial score (nSPS) is 15.9. The Hall–Kier alpha value is -0.0777. The first-order valence-electron chi connectivity index (χ1n) is 4.42. The summed E-state index contributed by atoms with van der Waals surface area (Å²) in [6, 6.07) is -0.0986. The molecule has 87 valence electrons. The Labute approximate surface area is 90.7 Å². The summed E-state index contributed by atoms with van der Waals surface area (Å²) in [6.07, 6.45) is 0.665. The Morgan fingerprint density at radius 1 is 1.21 bits per heavy atom. The topological polar surface area (TPSA) is 86.2 Å². The van der Waals surface area contributed by atoms with Gasteiger partial charge in [-0.2, -0.15) is 0 Å². The van der Waals surface area contributed by atoms with Crippen LogP contribution >= 0.6 is 0 Å². The summed E-state index contributed by atoms with van der Waals surface area (Å²) in [5.74, 6) is 0. The molecule has 0 aliphatic heterocycles. The third kappa shape index (κ3) is 5.61. The minimum absolute atomic E-state index is 0.00336. The first-order chi connectivity index (χ1) is 6.34. The zero-order valence-electron chi connectivity index (χ0n) is 8.86. The van der Waals surface area contributed by atoms with Gasteiger partial charge in [-0.1, -0.05) is 0 Å². The van der Waals surface area contributed by atoms with Crippen molar-refractivity contribution in [3.8, 4) is 0 Å². The molecular weight excluding hydrogens is 275 g/mol. The molecule has 0 heterocycles. The van der Waals surface area contributed by atoms with Crippen molar-refractivity contribution < 1.29 is 26.3 Å². The summed E-state index contributed by atoms with van der Waals surface area (Å²) < 4.78 is 0.00671. The molecule has 0 bridgehead atoms. The number of carbonyl (C=O) groups is 2. The molecule has 0 aliphatic rings. The number of nitrogens with two attached hydrogens (primary N) is 2. The van der Waals surface area contributed by atoms with Gasteiger partial charge in [-0.05, 0) is 0 Å². The SMILES string of the molecule is C[C](=O)[Pd]([CH2]C(N)CC(C)N)[C](C)=O. The summed E-state index contributed by atoms with van der Waals surface area (Å²) in [4.78, 5) is 22.8. The van der Waals surface area contributed by atoms with Crippen LogP contribution in [-0.4, -0.2) is 20.6 Å². The molecule has 4 N–H and O–H groups in total. The van der Waals surface area contributed by atoms with Gasteiger partial charge in [-0.15, -0.1) is 0 Å². The van der Waals surface area contributed by atoms with E-state index in [0.29, 0.717) is 11.3 Å². The first-order valence-corrected chi connectivity index (χ1v) is 7.07. The van der Waals surface area contributed by atoms with E-state index in [0.717, 1.165) is 0 Å². The fraction of sp³-hybridized carbons (Fsp3) is 0.778. The standard InChI is InChI=1S/C5H13N2.2C2H3O.Pd/c1-4(6)3-5(2)7;2*1-2-3;/h4-5H,1,3,6-7H2,2H3;2*1H3;. The second kappa shape index (κ2) is 6.41. The second-order valence-electron chi connectivity index (χ2n) is 3.26. The zero-order valence-corrected chi connectivity index (χ0v) is 10.4. The Balaban J connectivity index is 4.17. The van der Waals surface area contributed by atoms with Crippen LogP contribution in [0.2, 0.25) is 4.89 Å². The van der Waals surface area contributed by atoms with Crippen LogP contribution in [0.5, 0.6) is 0 Å². The number of hydrogen-bond acceptors (Lipinski definition) is 4. The number of rotatable bonds is 6. The molecule has 0 aromatic carbocycles. The maximum absolute atomic E-state index is 11.2. The van der Waals surface area contributed by atoms with E-state index in [2.05, 4.69) is 0 Å². The molecule has 0 saturated carbocycles. The summed E-state index contributed by atoms with van der Waals surface area (Å²) in [5, 5.41) is 0. The Morgan fingerprint density at radius 2 is 1.64 bits per heavy atom. The molecule has 0 rings (SSSR count). The van der Waals surface area contributed by atoms with Crippen molar-refractivity contribution in [2.45, 2.75) is 44.2 Å². The first kappa shape index (κ1) is 13.9. The van der Waals surface area contributed by atoms with Crippen LogP contribution in [0, 0.1) is 0 Å². The molecule has 0 aliphatic carbocycles. The van der Waals surface area contributed by atoms with E-state index in [-0.39, 0.29) is 20.6 Å². The average molecular weight is 294 g/mol. The molecule has 5 heteroatoms. The van der Waals surface area contributed by atoms with Gasteiger partial charge >= 0.3 is 90.5 Å². The molecule has 0 amide bonds. The van der Waals surface area contributed by atoms with Crippen molar-refractivity contribution in [2.75, 3.05) is 0 Å². The van der Waals surface area contributed by atoms with E-state index in [1.54, 1.807) is 0 Å². The predicted molar refractivity (Wildman–Crippen MR) is 52.4 cm³/mol. The molecule has 14 heavy (non-hydrogen) atoms. The summed E-state index contributed by atoms with van der Waals surface area (Å²) in [5.41, 5.74) is 11.4. The Bertz CT molecular complexity index is 205. The van der Waals surface area contributed by atoms with Gasteiger partial charge in [0.1, 0.15) is 0 Å². The molecule has 2 unspecified atom stereocenters. The van der Waals surface area contributed by atoms with Crippen LogP contribution in [0.1, 0.15) is 27.2 Å². The molecule has 2 atom stereocenters. The zero-order chi connectivity index (χ0) is 11.3. The Morgan fingerprint density at radius 3 is 1.93 bits per heavy atom. The predicted octanol–water partition coefficient (Wildman–Crippen LogP) is 0.181. The fourth-order valence-electron chi connectivity index (χ4n) is 1.03.